The van der Waals surface area contributed by atoms with Crippen LogP contribution in [-0.4, -0.2) is 95.4 Å². The first-order valence-electron chi connectivity index (χ1n) is 22.6. The Morgan fingerprint density at radius 2 is 1.14 bits per heavy atom. The van der Waals surface area contributed by atoms with Crippen LogP contribution in [0.1, 0.15) is 200 Å². The first-order chi connectivity index (χ1) is 27.0. The maximum Gasteiger partial charge on any atom is 0.397 e. The van der Waals surface area contributed by atoms with E-state index in [2.05, 4.69) is 35.5 Å². The van der Waals surface area contributed by atoms with Crippen LogP contribution in [0.25, 0.3) is 0 Å². The fourth-order valence-corrected chi connectivity index (χ4v) is 7.79. The summed E-state index contributed by atoms with van der Waals surface area (Å²) in [6.07, 6.45) is 28.0. The van der Waals surface area contributed by atoms with Gasteiger partial charge in [-0.25, -0.2) is 4.18 Å². The number of hydrogen-bond donors (Lipinski definition) is 6. The molecule has 13 heteroatoms. The molecule has 332 valence electrons. The summed E-state index contributed by atoms with van der Waals surface area (Å²) in [6.45, 7) is 3.41. The minimum atomic E-state index is -5.07. The zero-order valence-corrected chi connectivity index (χ0v) is 36.0. The van der Waals surface area contributed by atoms with Gasteiger partial charge in [0.15, 0.2) is 6.29 Å². The molecule has 0 aromatic heterocycles. The molecule has 0 saturated carbocycles. The van der Waals surface area contributed by atoms with Crippen molar-refractivity contribution in [1.29, 1.82) is 0 Å². The van der Waals surface area contributed by atoms with Crippen LogP contribution in [-0.2, 0) is 28.9 Å². The Morgan fingerprint density at radius 3 is 1.61 bits per heavy atom. The van der Waals surface area contributed by atoms with Gasteiger partial charge in [-0.15, -0.1) is 0 Å². The second-order valence-electron chi connectivity index (χ2n) is 16.0. The average Bonchev–Trinajstić information content (AvgIpc) is 3.16. The van der Waals surface area contributed by atoms with Crippen molar-refractivity contribution in [2.24, 2.45) is 0 Å². The number of amides is 1. The highest BCUT2D eigenvalue weighted by Crippen LogP contribution is 2.26. The van der Waals surface area contributed by atoms with E-state index in [1.54, 1.807) is 0 Å². The summed E-state index contributed by atoms with van der Waals surface area (Å²) in [5, 5.41) is 44.7. The summed E-state index contributed by atoms with van der Waals surface area (Å²) in [4.78, 5) is 13.0. The first-order valence-corrected chi connectivity index (χ1v) is 23.9. The molecule has 7 unspecified atom stereocenters. The predicted molar refractivity (Wildman–Crippen MR) is 222 cm³/mol. The number of allylic oxidation sites excluding steroid dienone is 2. The SMILES string of the molecule is CCCCCCCCCCC/C=C\CCCCCCCCCC(=O)NC(COC1OC(CO)C(O)C(OS(=O)(=O)O)C1O)C(O)CCCCCCCCCCC. The largest absolute Gasteiger partial charge is 0.397 e. The molecule has 1 heterocycles. The highest BCUT2D eigenvalue weighted by Gasteiger charge is 2.48. The topological polar surface area (TPSA) is 192 Å². The molecule has 0 aliphatic carbocycles. The second kappa shape index (κ2) is 34.7. The van der Waals surface area contributed by atoms with Gasteiger partial charge in [-0.05, 0) is 38.5 Å². The molecule has 0 spiro atoms. The molecule has 7 atom stereocenters. The van der Waals surface area contributed by atoms with Crippen LogP contribution in [0.15, 0.2) is 12.2 Å². The van der Waals surface area contributed by atoms with Crippen molar-refractivity contribution in [3.05, 3.63) is 12.2 Å². The molecule has 1 aliphatic rings. The Morgan fingerprint density at radius 1 is 0.696 bits per heavy atom. The molecule has 0 aromatic rings. The van der Waals surface area contributed by atoms with Crippen LogP contribution >= 0.6 is 0 Å². The number of aliphatic hydroxyl groups is 4. The lowest BCUT2D eigenvalue weighted by molar-refractivity contribution is -0.298. The minimum Gasteiger partial charge on any atom is -0.394 e. The van der Waals surface area contributed by atoms with Crippen molar-refractivity contribution in [1.82, 2.24) is 5.32 Å². The molecular formula is C43H83NO11S. The number of hydrogen-bond acceptors (Lipinski definition) is 10. The van der Waals surface area contributed by atoms with Gasteiger partial charge in [0.05, 0.1) is 25.4 Å². The molecular weight excluding hydrogens is 739 g/mol. The number of rotatable bonds is 38. The standard InChI is InChI=1S/C43H83NO11S/c1-3-5-7-9-11-13-14-15-16-17-18-19-20-21-22-23-25-27-29-31-33-39(47)44-36(37(46)32-30-28-26-24-12-10-8-6-4-2)35-53-43-41(49)42(55-56(50,51)52)40(48)38(34-45)54-43/h18-19,36-38,40-43,45-46,48-49H,3-17,20-35H2,1-2H3,(H,44,47)(H,50,51,52)/b19-18-. The summed E-state index contributed by atoms with van der Waals surface area (Å²) < 4.78 is 47.5. The zero-order chi connectivity index (χ0) is 41.3. The summed E-state index contributed by atoms with van der Waals surface area (Å²) >= 11 is 0. The lowest BCUT2D eigenvalue weighted by atomic mass is 9.99. The molecule has 0 aromatic carbocycles. The lowest BCUT2D eigenvalue weighted by Crippen LogP contribution is -2.61. The average molecular weight is 822 g/mol. The fraction of sp³-hybridized carbons (Fsp3) is 0.930. The zero-order valence-electron chi connectivity index (χ0n) is 35.2. The number of ether oxygens (including phenoxy) is 2. The van der Waals surface area contributed by atoms with E-state index in [0.29, 0.717) is 12.8 Å². The van der Waals surface area contributed by atoms with Gasteiger partial charge >= 0.3 is 10.4 Å². The minimum absolute atomic E-state index is 0.236. The Balaban J connectivity index is 2.43. The van der Waals surface area contributed by atoms with Crippen LogP contribution in [0, 0.1) is 0 Å². The van der Waals surface area contributed by atoms with Gasteiger partial charge in [-0.1, -0.05) is 167 Å². The molecule has 1 fully saturated rings. The molecule has 1 aliphatic heterocycles. The number of nitrogens with one attached hydrogen (secondary N) is 1. The van der Waals surface area contributed by atoms with Crippen molar-refractivity contribution in [2.45, 2.75) is 243 Å². The summed E-state index contributed by atoms with van der Waals surface area (Å²) in [5.41, 5.74) is 0. The summed E-state index contributed by atoms with van der Waals surface area (Å²) in [5.74, 6) is -0.236. The van der Waals surface area contributed by atoms with E-state index < -0.39 is 59.9 Å². The van der Waals surface area contributed by atoms with E-state index in [1.165, 1.54) is 116 Å². The lowest BCUT2D eigenvalue weighted by Gasteiger charge is -2.41. The Kier molecular flexibility index (Phi) is 32.7. The van der Waals surface area contributed by atoms with E-state index in [0.717, 1.165) is 51.4 Å². The van der Waals surface area contributed by atoms with E-state index in [-0.39, 0.29) is 18.9 Å². The Bertz CT molecular complexity index is 1060. The van der Waals surface area contributed by atoms with E-state index in [9.17, 15) is 33.6 Å². The van der Waals surface area contributed by atoms with Crippen LogP contribution in [0.4, 0.5) is 0 Å². The summed E-state index contributed by atoms with van der Waals surface area (Å²) in [6, 6.07) is -0.855. The quantitative estimate of drug-likeness (QED) is 0.0199. The summed E-state index contributed by atoms with van der Waals surface area (Å²) in [7, 11) is -5.07. The molecule has 12 nitrogen and oxygen atoms in total. The van der Waals surface area contributed by atoms with Gasteiger partial charge in [0, 0.05) is 6.42 Å². The molecule has 1 amide bonds. The molecule has 0 radical (unpaired) electrons. The highest BCUT2D eigenvalue weighted by atomic mass is 32.3. The number of aliphatic hydroxyl groups excluding tert-OH is 4. The maximum atomic E-state index is 13.0. The number of carbonyl (C=O) groups excluding carboxylic acids is 1. The maximum absolute atomic E-state index is 13.0. The first kappa shape index (κ1) is 52.9. The fourth-order valence-electron chi connectivity index (χ4n) is 7.28. The van der Waals surface area contributed by atoms with Gasteiger partial charge in [-0.2, -0.15) is 8.42 Å². The second-order valence-corrected chi connectivity index (χ2v) is 17.0. The van der Waals surface area contributed by atoms with Crippen molar-refractivity contribution in [3.8, 4) is 0 Å². The van der Waals surface area contributed by atoms with Crippen molar-refractivity contribution in [3.63, 3.8) is 0 Å². The van der Waals surface area contributed by atoms with Crippen LogP contribution < -0.4 is 5.32 Å². The van der Waals surface area contributed by atoms with E-state index in [4.69, 9.17) is 14.0 Å². The van der Waals surface area contributed by atoms with Gasteiger partial charge in [0.25, 0.3) is 0 Å². The monoisotopic (exact) mass is 822 g/mol. The van der Waals surface area contributed by atoms with Gasteiger partial charge in [0.2, 0.25) is 5.91 Å². The normalized spacial score (nSPS) is 21.4. The Hall–Kier alpha value is -1.16. The van der Waals surface area contributed by atoms with Crippen molar-refractivity contribution in [2.75, 3.05) is 13.2 Å². The molecule has 1 rings (SSSR count). The van der Waals surface area contributed by atoms with E-state index in [1.807, 2.05) is 0 Å². The molecule has 1 saturated heterocycles. The predicted octanol–water partition coefficient (Wildman–Crippen LogP) is 8.38. The highest BCUT2D eigenvalue weighted by molar-refractivity contribution is 7.80. The number of unbranched alkanes of at least 4 members (excludes halogenated alkanes) is 24. The van der Waals surface area contributed by atoms with E-state index >= 15 is 0 Å². The third kappa shape index (κ3) is 27.5. The molecule has 56 heavy (non-hydrogen) atoms. The molecule has 6 N–H and O–H groups in total. The van der Waals surface area contributed by atoms with Crippen molar-refractivity contribution < 1.29 is 51.8 Å². The van der Waals surface area contributed by atoms with Gasteiger partial charge in [-0.3, -0.25) is 9.35 Å². The smallest absolute Gasteiger partial charge is 0.394 e. The number of carbonyl (C=O) groups is 1. The van der Waals surface area contributed by atoms with Crippen LogP contribution in [0.5, 0.6) is 0 Å². The van der Waals surface area contributed by atoms with Crippen LogP contribution in [0.3, 0.4) is 0 Å². The van der Waals surface area contributed by atoms with Gasteiger partial charge in [0.1, 0.15) is 24.4 Å². The molecule has 0 bridgehead atoms. The van der Waals surface area contributed by atoms with Gasteiger partial charge < -0.3 is 35.2 Å². The van der Waals surface area contributed by atoms with Crippen molar-refractivity contribution >= 4 is 16.3 Å². The third-order valence-electron chi connectivity index (χ3n) is 10.8. The third-order valence-corrected chi connectivity index (χ3v) is 11.3. The Labute approximate surface area is 340 Å². The van der Waals surface area contributed by atoms with Crippen LogP contribution in [0.2, 0.25) is 0 Å².